The van der Waals surface area contributed by atoms with E-state index in [9.17, 15) is 9.18 Å². The molecule has 112 valence electrons. The Morgan fingerprint density at radius 3 is 2.33 bits per heavy atom. The predicted octanol–water partition coefficient (Wildman–Crippen LogP) is 4.54. The molecule has 4 bridgehead atoms. The molecule has 1 aromatic rings. The van der Waals surface area contributed by atoms with Crippen molar-refractivity contribution in [2.75, 3.05) is 0 Å². The predicted molar refractivity (Wildman–Crippen MR) is 80.3 cm³/mol. The van der Waals surface area contributed by atoms with Gasteiger partial charge in [0.2, 0.25) is 0 Å². The molecule has 5 rings (SSSR count). The molecule has 0 amide bonds. The van der Waals surface area contributed by atoms with E-state index in [2.05, 4.69) is 6.92 Å². The zero-order chi connectivity index (χ0) is 14.7. The molecule has 4 aliphatic carbocycles. The molecular formula is C19H23FO. The van der Waals surface area contributed by atoms with Gasteiger partial charge in [0.05, 0.1) is 0 Å². The maximum atomic E-state index is 13.0. The summed E-state index contributed by atoms with van der Waals surface area (Å²) in [6.45, 7) is 2.39. The third-order valence-electron chi connectivity index (χ3n) is 6.22. The molecule has 2 heteroatoms. The van der Waals surface area contributed by atoms with Crippen LogP contribution in [0.25, 0.3) is 0 Å². The van der Waals surface area contributed by atoms with Crippen LogP contribution >= 0.6 is 0 Å². The minimum atomic E-state index is -0.228. The van der Waals surface area contributed by atoms with Crippen LogP contribution in [-0.2, 0) is 11.2 Å². The highest BCUT2D eigenvalue weighted by atomic mass is 19.1. The Bertz CT molecular complexity index is 560. The first-order valence-corrected chi connectivity index (χ1v) is 8.24. The first kappa shape index (κ1) is 13.5. The van der Waals surface area contributed by atoms with Gasteiger partial charge in [-0.1, -0.05) is 19.1 Å². The molecular weight excluding hydrogens is 263 g/mol. The van der Waals surface area contributed by atoms with E-state index >= 15 is 0 Å². The molecule has 0 N–H and O–H groups in total. The van der Waals surface area contributed by atoms with Crippen LogP contribution in [0, 0.1) is 28.5 Å². The van der Waals surface area contributed by atoms with Crippen LogP contribution in [0.2, 0.25) is 0 Å². The van der Waals surface area contributed by atoms with E-state index in [1.807, 2.05) is 0 Å². The molecule has 0 spiro atoms. The van der Waals surface area contributed by atoms with Gasteiger partial charge in [-0.3, -0.25) is 4.79 Å². The van der Waals surface area contributed by atoms with E-state index in [0.29, 0.717) is 17.6 Å². The smallest absolute Gasteiger partial charge is 0.143 e. The number of carbonyl (C=O) groups is 1. The fourth-order valence-electron chi connectivity index (χ4n) is 6.02. The summed E-state index contributed by atoms with van der Waals surface area (Å²) in [5, 5.41) is 0. The SMILES string of the molecule is CC12CC3CC(C1)CC(C(=O)Cc1ccc(F)cc1)(C3)C2. The zero-order valence-corrected chi connectivity index (χ0v) is 12.7. The molecule has 4 aliphatic rings. The quantitative estimate of drug-likeness (QED) is 0.797. The highest BCUT2D eigenvalue weighted by molar-refractivity contribution is 5.87. The van der Waals surface area contributed by atoms with Crippen molar-refractivity contribution in [3.05, 3.63) is 35.6 Å². The second-order valence-electron chi connectivity index (χ2n) is 8.28. The summed E-state index contributed by atoms with van der Waals surface area (Å²) < 4.78 is 13.0. The highest BCUT2D eigenvalue weighted by Crippen LogP contribution is 2.65. The average Bonchev–Trinajstić information content (AvgIpc) is 2.38. The van der Waals surface area contributed by atoms with E-state index in [4.69, 9.17) is 0 Å². The maximum Gasteiger partial charge on any atom is 0.143 e. The molecule has 4 saturated carbocycles. The van der Waals surface area contributed by atoms with Crippen molar-refractivity contribution in [2.45, 2.75) is 51.9 Å². The van der Waals surface area contributed by atoms with Crippen molar-refractivity contribution in [2.24, 2.45) is 22.7 Å². The van der Waals surface area contributed by atoms with Crippen LogP contribution in [0.5, 0.6) is 0 Å². The molecule has 0 aliphatic heterocycles. The molecule has 2 atom stereocenters. The van der Waals surface area contributed by atoms with Gasteiger partial charge < -0.3 is 0 Å². The second-order valence-corrected chi connectivity index (χ2v) is 8.28. The van der Waals surface area contributed by atoms with Gasteiger partial charge in [0, 0.05) is 11.8 Å². The molecule has 1 nitrogen and oxygen atoms in total. The summed E-state index contributed by atoms with van der Waals surface area (Å²) in [7, 11) is 0. The molecule has 0 saturated heterocycles. The summed E-state index contributed by atoms with van der Waals surface area (Å²) >= 11 is 0. The molecule has 4 fully saturated rings. The molecule has 0 heterocycles. The Morgan fingerprint density at radius 2 is 1.76 bits per heavy atom. The standard InChI is InChI=1S/C19H23FO/c1-18-8-14-6-15(9-18)11-19(10-14,12-18)17(21)7-13-2-4-16(20)5-3-13/h2-5,14-15H,6-12H2,1H3. The summed E-state index contributed by atoms with van der Waals surface area (Å²) in [5.74, 6) is 1.73. The van der Waals surface area contributed by atoms with Gasteiger partial charge in [-0.15, -0.1) is 0 Å². The maximum absolute atomic E-state index is 13.0. The van der Waals surface area contributed by atoms with E-state index in [-0.39, 0.29) is 11.2 Å². The lowest BCUT2D eigenvalue weighted by atomic mass is 9.43. The monoisotopic (exact) mass is 286 g/mol. The Morgan fingerprint density at radius 1 is 1.14 bits per heavy atom. The number of halogens is 1. The molecule has 0 radical (unpaired) electrons. The Balaban J connectivity index is 1.57. The van der Waals surface area contributed by atoms with Gasteiger partial charge in [-0.25, -0.2) is 4.39 Å². The summed E-state index contributed by atoms with van der Waals surface area (Å²) in [4.78, 5) is 13.0. The number of hydrogen-bond donors (Lipinski definition) is 0. The van der Waals surface area contributed by atoms with Gasteiger partial charge >= 0.3 is 0 Å². The molecule has 2 unspecified atom stereocenters. The van der Waals surface area contributed by atoms with E-state index in [0.717, 1.165) is 36.7 Å². The third kappa shape index (κ3) is 2.23. The fourth-order valence-corrected chi connectivity index (χ4v) is 6.02. The van der Waals surface area contributed by atoms with Crippen LogP contribution < -0.4 is 0 Å². The van der Waals surface area contributed by atoms with Gasteiger partial charge in [0.25, 0.3) is 0 Å². The fraction of sp³-hybridized carbons (Fsp3) is 0.632. The first-order chi connectivity index (χ1) is 9.96. The highest BCUT2D eigenvalue weighted by Gasteiger charge is 2.58. The van der Waals surface area contributed by atoms with Gasteiger partial charge in [-0.05, 0) is 73.5 Å². The number of Topliss-reactive ketones (excluding diaryl/α,β-unsaturated/α-hetero) is 1. The lowest BCUT2D eigenvalue weighted by Gasteiger charge is -2.60. The van der Waals surface area contributed by atoms with Crippen molar-refractivity contribution < 1.29 is 9.18 Å². The minimum absolute atomic E-state index is 0.0623. The van der Waals surface area contributed by atoms with E-state index in [1.165, 1.54) is 31.4 Å². The third-order valence-corrected chi connectivity index (χ3v) is 6.22. The topological polar surface area (TPSA) is 17.1 Å². The van der Waals surface area contributed by atoms with E-state index in [1.54, 1.807) is 12.1 Å². The van der Waals surface area contributed by atoms with E-state index < -0.39 is 0 Å². The summed E-state index contributed by atoms with van der Waals surface area (Å²) in [6.07, 6.45) is 7.80. The number of benzene rings is 1. The summed E-state index contributed by atoms with van der Waals surface area (Å²) in [6, 6.07) is 6.44. The van der Waals surface area contributed by atoms with Crippen molar-refractivity contribution in [3.8, 4) is 0 Å². The largest absolute Gasteiger partial charge is 0.299 e. The Hall–Kier alpha value is -1.18. The van der Waals surface area contributed by atoms with Crippen molar-refractivity contribution >= 4 is 5.78 Å². The lowest BCUT2D eigenvalue weighted by Crippen LogP contribution is -2.54. The number of ketones is 1. The first-order valence-electron chi connectivity index (χ1n) is 8.24. The van der Waals surface area contributed by atoms with Crippen LogP contribution in [-0.4, -0.2) is 5.78 Å². The zero-order valence-electron chi connectivity index (χ0n) is 12.7. The van der Waals surface area contributed by atoms with Crippen molar-refractivity contribution in [1.29, 1.82) is 0 Å². The van der Waals surface area contributed by atoms with Crippen molar-refractivity contribution in [3.63, 3.8) is 0 Å². The Labute approximate surface area is 125 Å². The molecule has 1 aromatic carbocycles. The molecule has 21 heavy (non-hydrogen) atoms. The Kier molecular flexibility index (Phi) is 2.83. The number of carbonyl (C=O) groups excluding carboxylic acids is 1. The van der Waals surface area contributed by atoms with Crippen LogP contribution in [0.15, 0.2) is 24.3 Å². The van der Waals surface area contributed by atoms with Crippen molar-refractivity contribution in [1.82, 2.24) is 0 Å². The number of hydrogen-bond acceptors (Lipinski definition) is 1. The minimum Gasteiger partial charge on any atom is -0.299 e. The van der Waals surface area contributed by atoms with Crippen LogP contribution in [0.3, 0.4) is 0 Å². The molecule has 0 aromatic heterocycles. The van der Waals surface area contributed by atoms with Crippen LogP contribution in [0.4, 0.5) is 4.39 Å². The van der Waals surface area contributed by atoms with Gasteiger partial charge in [0.1, 0.15) is 11.6 Å². The van der Waals surface area contributed by atoms with Crippen LogP contribution in [0.1, 0.15) is 51.0 Å². The second kappa shape index (κ2) is 4.41. The summed E-state index contributed by atoms with van der Waals surface area (Å²) in [5.41, 5.74) is 1.30. The van der Waals surface area contributed by atoms with Gasteiger partial charge in [0.15, 0.2) is 0 Å². The normalized spacial score (nSPS) is 40.5. The number of rotatable bonds is 3. The lowest BCUT2D eigenvalue weighted by molar-refractivity contribution is -0.152. The average molecular weight is 286 g/mol. The van der Waals surface area contributed by atoms with Gasteiger partial charge in [-0.2, -0.15) is 0 Å².